The number of rotatable bonds is 5. The van der Waals surface area contributed by atoms with Gasteiger partial charge in [-0.25, -0.2) is 4.98 Å². The Morgan fingerprint density at radius 1 is 1.15 bits per heavy atom. The molecule has 1 aromatic heterocycles. The van der Waals surface area contributed by atoms with Gasteiger partial charge in [-0.1, -0.05) is 32.9 Å². The molecule has 3 rings (SSSR count). The molecule has 0 atom stereocenters. The van der Waals surface area contributed by atoms with Crippen LogP contribution < -0.4 is 5.32 Å². The third-order valence-electron chi connectivity index (χ3n) is 4.67. The minimum absolute atomic E-state index is 0.0340. The van der Waals surface area contributed by atoms with Crippen molar-refractivity contribution in [2.45, 2.75) is 27.2 Å². The van der Waals surface area contributed by atoms with E-state index in [4.69, 9.17) is 0 Å². The lowest BCUT2D eigenvalue weighted by molar-refractivity contribution is -0.141. The smallest absolute Gasteiger partial charge is 0.234 e. The summed E-state index contributed by atoms with van der Waals surface area (Å²) in [5, 5.41) is 4.03. The summed E-state index contributed by atoms with van der Waals surface area (Å²) >= 11 is 1.68. The Labute approximate surface area is 164 Å². The van der Waals surface area contributed by atoms with Gasteiger partial charge < -0.3 is 10.2 Å². The zero-order valence-electron chi connectivity index (χ0n) is 16.3. The van der Waals surface area contributed by atoms with Crippen LogP contribution in [0.2, 0.25) is 0 Å². The fourth-order valence-electron chi connectivity index (χ4n) is 3.18. The van der Waals surface area contributed by atoms with Crippen LogP contribution in [0.15, 0.2) is 24.3 Å². The number of benzene rings is 1. The van der Waals surface area contributed by atoms with E-state index in [9.17, 15) is 9.59 Å². The number of carbonyl (C=O) groups is 2. The second kappa shape index (κ2) is 8.35. The van der Waals surface area contributed by atoms with E-state index in [2.05, 4.69) is 21.3 Å². The summed E-state index contributed by atoms with van der Waals surface area (Å²) < 4.78 is 1.18. The molecule has 1 N–H and O–H groups in total. The normalized spacial score (nSPS) is 15.9. The maximum Gasteiger partial charge on any atom is 0.234 e. The van der Waals surface area contributed by atoms with E-state index < -0.39 is 0 Å². The molecule has 6 nitrogen and oxygen atoms in total. The van der Waals surface area contributed by atoms with Crippen molar-refractivity contribution in [3.63, 3.8) is 0 Å². The molecule has 2 amide bonds. The lowest BCUT2D eigenvalue weighted by Gasteiger charge is -2.37. The SMILES string of the molecule is CC(C)(C)C(=O)N1CCN(CC(=O)NCCc2nc3ccccc3s2)CC1. The maximum atomic E-state index is 12.3. The Bertz CT molecular complexity index is 771. The van der Waals surface area contributed by atoms with Crippen LogP contribution in [0.1, 0.15) is 25.8 Å². The van der Waals surface area contributed by atoms with E-state index in [-0.39, 0.29) is 17.2 Å². The molecule has 2 aromatic rings. The molecule has 2 heterocycles. The first kappa shape index (κ1) is 19.8. The van der Waals surface area contributed by atoms with Gasteiger partial charge in [-0.3, -0.25) is 14.5 Å². The second-order valence-electron chi connectivity index (χ2n) is 7.99. The van der Waals surface area contributed by atoms with Crippen LogP contribution in [0.3, 0.4) is 0 Å². The molecule has 0 spiro atoms. The third-order valence-corrected chi connectivity index (χ3v) is 5.76. The summed E-state index contributed by atoms with van der Waals surface area (Å²) in [6.07, 6.45) is 0.749. The van der Waals surface area contributed by atoms with Crippen molar-refractivity contribution in [3.05, 3.63) is 29.3 Å². The largest absolute Gasteiger partial charge is 0.355 e. The van der Waals surface area contributed by atoms with E-state index in [1.54, 1.807) is 11.3 Å². The fourth-order valence-corrected chi connectivity index (χ4v) is 4.14. The molecule has 1 aliphatic heterocycles. The van der Waals surface area contributed by atoms with Crippen molar-refractivity contribution in [1.82, 2.24) is 20.1 Å². The molecule has 0 saturated carbocycles. The summed E-state index contributed by atoms with van der Waals surface area (Å²) in [5.74, 6) is 0.217. The zero-order chi connectivity index (χ0) is 19.4. The highest BCUT2D eigenvalue weighted by molar-refractivity contribution is 7.18. The molecular formula is C20H28N4O2S. The number of fused-ring (bicyclic) bond motifs is 1. The van der Waals surface area contributed by atoms with Crippen molar-refractivity contribution in [2.75, 3.05) is 39.3 Å². The molecule has 1 aromatic carbocycles. The monoisotopic (exact) mass is 388 g/mol. The van der Waals surface area contributed by atoms with Crippen LogP contribution in [0.5, 0.6) is 0 Å². The van der Waals surface area contributed by atoms with Crippen LogP contribution >= 0.6 is 11.3 Å². The molecule has 0 unspecified atom stereocenters. The highest BCUT2D eigenvalue weighted by Crippen LogP contribution is 2.21. The van der Waals surface area contributed by atoms with Gasteiger partial charge >= 0.3 is 0 Å². The lowest BCUT2D eigenvalue weighted by Crippen LogP contribution is -2.53. The summed E-state index contributed by atoms with van der Waals surface area (Å²) in [7, 11) is 0. The summed E-state index contributed by atoms with van der Waals surface area (Å²) in [6.45, 7) is 9.69. The molecule has 1 fully saturated rings. The molecule has 1 saturated heterocycles. The summed E-state index contributed by atoms with van der Waals surface area (Å²) in [5.41, 5.74) is 0.673. The highest BCUT2D eigenvalue weighted by Gasteiger charge is 2.29. The first-order chi connectivity index (χ1) is 12.8. The van der Waals surface area contributed by atoms with Gasteiger partial charge in [0.2, 0.25) is 11.8 Å². The van der Waals surface area contributed by atoms with Crippen LogP contribution in [0.25, 0.3) is 10.2 Å². The van der Waals surface area contributed by atoms with Crippen LogP contribution in [-0.2, 0) is 16.0 Å². The van der Waals surface area contributed by atoms with Gasteiger partial charge in [-0.2, -0.15) is 0 Å². The summed E-state index contributed by atoms with van der Waals surface area (Å²) in [4.78, 5) is 33.1. The van der Waals surface area contributed by atoms with Crippen molar-refractivity contribution in [1.29, 1.82) is 0 Å². The van der Waals surface area contributed by atoms with Crippen LogP contribution in [-0.4, -0.2) is 65.9 Å². The molecule has 0 aliphatic carbocycles. The van der Waals surface area contributed by atoms with E-state index >= 15 is 0 Å². The molecule has 0 bridgehead atoms. The first-order valence-electron chi connectivity index (χ1n) is 9.46. The topological polar surface area (TPSA) is 65.5 Å². The number of para-hydroxylation sites is 1. The first-order valence-corrected chi connectivity index (χ1v) is 10.3. The number of aromatic nitrogens is 1. The van der Waals surface area contributed by atoms with Gasteiger partial charge in [0, 0.05) is 44.6 Å². The van der Waals surface area contributed by atoms with E-state index in [0.29, 0.717) is 26.2 Å². The predicted octanol–water partition coefficient (Wildman–Crippen LogP) is 2.15. The molecule has 27 heavy (non-hydrogen) atoms. The van der Waals surface area contributed by atoms with Gasteiger partial charge in [0.25, 0.3) is 0 Å². The fraction of sp³-hybridized carbons (Fsp3) is 0.550. The van der Waals surface area contributed by atoms with Gasteiger partial charge in [0.05, 0.1) is 21.8 Å². The Morgan fingerprint density at radius 3 is 2.52 bits per heavy atom. The number of nitrogens with zero attached hydrogens (tertiary/aromatic N) is 3. The lowest BCUT2D eigenvalue weighted by atomic mass is 9.94. The average Bonchev–Trinajstić information content (AvgIpc) is 3.03. The minimum Gasteiger partial charge on any atom is -0.355 e. The van der Waals surface area contributed by atoms with E-state index in [1.165, 1.54) is 4.70 Å². The quantitative estimate of drug-likeness (QED) is 0.852. The Morgan fingerprint density at radius 2 is 1.85 bits per heavy atom. The molecule has 0 radical (unpaired) electrons. The Hall–Kier alpha value is -1.99. The van der Waals surface area contributed by atoms with Crippen LogP contribution in [0.4, 0.5) is 0 Å². The molecule has 7 heteroatoms. The van der Waals surface area contributed by atoms with E-state index in [0.717, 1.165) is 30.0 Å². The van der Waals surface area contributed by atoms with E-state index in [1.807, 2.05) is 43.9 Å². The number of thiazole rings is 1. The predicted molar refractivity (Wildman–Crippen MR) is 109 cm³/mol. The Kier molecular flexibility index (Phi) is 6.11. The molecular weight excluding hydrogens is 360 g/mol. The van der Waals surface area contributed by atoms with Gasteiger partial charge in [0.15, 0.2) is 0 Å². The average molecular weight is 389 g/mol. The standard InChI is InChI=1S/C20H28N4O2S/c1-20(2,3)19(26)24-12-10-23(11-13-24)14-17(25)21-9-8-18-22-15-6-4-5-7-16(15)27-18/h4-7H,8-14H2,1-3H3,(H,21,25). The zero-order valence-corrected chi connectivity index (χ0v) is 17.1. The van der Waals surface area contributed by atoms with Gasteiger partial charge in [0.1, 0.15) is 0 Å². The van der Waals surface area contributed by atoms with Gasteiger partial charge in [-0.05, 0) is 12.1 Å². The number of nitrogens with one attached hydrogen (secondary N) is 1. The van der Waals surface area contributed by atoms with Crippen molar-refractivity contribution in [3.8, 4) is 0 Å². The second-order valence-corrected chi connectivity index (χ2v) is 9.11. The number of piperazine rings is 1. The Balaban J connectivity index is 1.38. The number of amides is 2. The summed E-state index contributed by atoms with van der Waals surface area (Å²) in [6, 6.07) is 8.08. The van der Waals surface area contributed by atoms with Gasteiger partial charge in [-0.15, -0.1) is 11.3 Å². The maximum absolute atomic E-state index is 12.3. The minimum atomic E-state index is -0.347. The molecule has 146 valence electrons. The number of hydrogen-bond acceptors (Lipinski definition) is 5. The number of carbonyl (C=O) groups excluding carboxylic acids is 2. The van der Waals surface area contributed by atoms with Crippen LogP contribution in [0, 0.1) is 5.41 Å². The third kappa shape index (κ3) is 5.26. The number of hydrogen-bond donors (Lipinski definition) is 1. The highest BCUT2D eigenvalue weighted by atomic mass is 32.1. The van der Waals surface area contributed by atoms with Crippen molar-refractivity contribution < 1.29 is 9.59 Å². The molecule has 1 aliphatic rings. The van der Waals surface area contributed by atoms with Crippen molar-refractivity contribution in [2.24, 2.45) is 5.41 Å². The van der Waals surface area contributed by atoms with Crippen molar-refractivity contribution >= 4 is 33.4 Å².